The predicted octanol–water partition coefficient (Wildman–Crippen LogP) is 4.49. The number of hydrogen-bond acceptors (Lipinski definition) is 3. The van der Waals surface area contributed by atoms with Crippen molar-refractivity contribution in [3.63, 3.8) is 0 Å². The van der Waals surface area contributed by atoms with Crippen molar-refractivity contribution in [1.82, 2.24) is 10.6 Å². The normalized spacial score (nSPS) is 12.4. The topological polar surface area (TPSA) is 95.5 Å². The monoisotopic (exact) mass is 492 g/mol. The van der Waals surface area contributed by atoms with Gasteiger partial charge in [-0.05, 0) is 54.3 Å². The lowest BCUT2D eigenvalue weighted by molar-refractivity contribution is -0.141. The summed E-state index contributed by atoms with van der Waals surface area (Å²) in [6, 6.07) is 12.3. The maximum atomic E-state index is 12.9. The van der Waals surface area contributed by atoms with Crippen LogP contribution >= 0.6 is 27.5 Å². The summed E-state index contributed by atoms with van der Waals surface area (Å²) in [5.74, 6) is -2.31. The third kappa shape index (κ3) is 7.00. The molecule has 1 atom stereocenters. The van der Waals surface area contributed by atoms with E-state index in [-0.39, 0.29) is 18.0 Å². The lowest BCUT2D eigenvalue weighted by atomic mass is 10.0. The molecule has 158 valence electrons. The van der Waals surface area contributed by atoms with Crippen molar-refractivity contribution in [2.24, 2.45) is 5.92 Å². The Bertz CT molecular complexity index is 958. The van der Waals surface area contributed by atoms with Crippen molar-refractivity contribution in [3.8, 4) is 0 Å². The van der Waals surface area contributed by atoms with Gasteiger partial charge < -0.3 is 15.7 Å². The van der Waals surface area contributed by atoms with Gasteiger partial charge in [-0.25, -0.2) is 4.79 Å². The molecule has 0 heterocycles. The van der Waals surface area contributed by atoms with Crippen molar-refractivity contribution < 1.29 is 19.5 Å². The Morgan fingerprint density at radius 1 is 1.10 bits per heavy atom. The van der Waals surface area contributed by atoms with Crippen LogP contribution in [0.5, 0.6) is 0 Å². The standard InChI is InChI=1S/C22H22BrClN2O4/c1-13(2)11-19(22(29)30)26-21(28)18(12-15-5-3-4-6-17(15)24)25-20(27)14-7-9-16(23)10-8-14/h3-10,12-13,19H,11H2,1-2H3,(H,25,27)(H,26,28)(H,29,30)/b18-12+/t19-/m0/s1. The third-order valence-electron chi connectivity index (χ3n) is 4.11. The maximum absolute atomic E-state index is 12.9. The van der Waals surface area contributed by atoms with Crippen molar-refractivity contribution in [1.29, 1.82) is 0 Å². The van der Waals surface area contributed by atoms with Crippen LogP contribution in [0, 0.1) is 5.92 Å². The van der Waals surface area contributed by atoms with E-state index in [2.05, 4.69) is 26.6 Å². The molecule has 8 heteroatoms. The summed E-state index contributed by atoms with van der Waals surface area (Å²) in [7, 11) is 0. The van der Waals surface area contributed by atoms with Crippen LogP contribution in [-0.2, 0) is 9.59 Å². The second kappa shape index (κ2) is 10.9. The van der Waals surface area contributed by atoms with Crippen LogP contribution in [0.3, 0.4) is 0 Å². The Hall–Kier alpha value is -2.64. The summed E-state index contributed by atoms with van der Waals surface area (Å²) in [6.07, 6.45) is 1.67. The van der Waals surface area contributed by atoms with Crippen molar-refractivity contribution in [2.75, 3.05) is 0 Å². The van der Waals surface area contributed by atoms with Gasteiger partial charge in [0, 0.05) is 15.1 Å². The molecule has 0 aliphatic heterocycles. The predicted molar refractivity (Wildman–Crippen MR) is 120 cm³/mol. The molecule has 3 N–H and O–H groups in total. The molecule has 0 saturated heterocycles. The smallest absolute Gasteiger partial charge is 0.326 e. The molecule has 0 aromatic heterocycles. The van der Waals surface area contributed by atoms with Gasteiger partial charge in [0.2, 0.25) is 0 Å². The maximum Gasteiger partial charge on any atom is 0.326 e. The molecule has 6 nitrogen and oxygen atoms in total. The van der Waals surface area contributed by atoms with Gasteiger partial charge in [0.15, 0.2) is 0 Å². The number of carboxylic acid groups (broad SMARTS) is 1. The first-order valence-electron chi connectivity index (χ1n) is 9.24. The first-order chi connectivity index (χ1) is 14.2. The zero-order valence-electron chi connectivity index (χ0n) is 16.5. The van der Waals surface area contributed by atoms with Gasteiger partial charge in [0.05, 0.1) is 0 Å². The van der Waals surface area contributed by atoms with Crippen LogP contribution in [0.2, 0.25) is 5.02 Å². The minimum atomic E-state index is -1.15. The number of carboxylic acids is 1. The van der Waals surface area contributed by atoms with Gasteiger partial charge in [-0.1, -0.05) is 59.6 Å². The second-order valence-corrected chi connectivity index (χ2v) is 8.36. The summed E-state index contributed by atoms with van der Waals surface area (Å²) in [4.78, 5) is 37.0. The SMILES string of the molecule is CC(C)C[C@H](NC(=O)/C(=C\c1ccccc1Cl)NC(=O)c1ccc(Br)cc1)C(=O)O. The molecule has 2 aromatic rings. The van der Waals surface area contributed by atoms with Crippen LogP contribution in [0.4, 0.5) is 0 Å². The number of carbonyl (C=O) groups is 3. The number of benzene rings is 2. The molecule has 2 aromatic carbocycles. The number of nitrogens with one attached hydrogen (secondary N) is 2. The quantitative estimate of drug-likeness (QED) is 0.472. The molecule has 0 fully saturated rings. The van der Waals surface area contributed by atoms with E-state index in [1.165, 1.54) is 6.08 Å². The van der Waals surface area contributed by atoms with Gasteiger partial charge in [-0.15, -0.1) is 0 Å². The van der Waals surface area contributed by atoms with Crippen LogP contribution in [0.1, 0.15) is 36.2 Å². The summed E-state index contributed by atoms with van der Waals surface area (Å²) in [6.45, 7) is 3.72. The summed E-state index contributed by atoms with van der Waals surface area (Å²) < 4.78 is 0.807. The van der Waals surface area contributed by atoms with E-state index in [0.717, 1.165) is 4.47 Å². The molecule has 0 spiro atoms. The third-order valence-corrected chi connectivity index (χ3v) is 4.99. The molecule has 0 aliphatic carbocycles. The summed E-state index contributed by atoms with van der Waals surface area (Å²) in [5, 5.41) is 14.9. The molecular weight excluding hydrogens is 472 g/mol. The number of aliphatic carboxylic acids is 1. The van der Waals surface area contributed by atoms with Crippen LogP contribution in [-0.4, -0.2) is 28.9 Å². The fraction of sp³-hybridized carbons (Fsp3) is 0.227. The lowest BCUT2D eigenvalue weighted by Gasteiger charge is -2.18. The molecule has 0 unspecified atom stereocenters. The van der Waals surface area contributed by atoms with Crippen LogP contribution in [0.15, 0.2) is 58.7 Å². The van der Waals surface area contributed by atoms with Gasteiger partial charge in [0.1, 0.15) is 11.7 Å². The number of rotatable bonds is 8. The summed E-state index contributed by atoms with van der Waals surface area (Å²) >= 11 is 9.48. The fourth-order valence-corrected chi connectivity index (χ4v) is 3.09. The zero-order valence-corrected chi connectivity index (χ0v) is 18.8. The lowest BCUT2D eigenvalue weighted by Crippen LogP contribution is -2.45. The molecular formula is C22H22BrClN2O4. The highest BCUT2D eigenvalue weighted by Gasteiger charge is 2.24. The molecule has 0 bridgehead atoms. The van der Waals surface area contributed by atoms with E-state index in [9.17, 15) is 19.5 Å². The Morgan fingerprint density at radius 3 is 2.30 bits per heavy atom. The first kappa shape index (κ1) is 23.6. The van der Waals surface area contributed by atoms with E-state index >= 15 is 0 Å². The second-order valence-electron chi connectivity index (χ2n) is 7.03. The Labute approximate surface area is 188 Å². The van der Waals surface area contributed by atoms with Gasteiger partial charge in [-0.3, -0.25) is 9.59 Å². The van der Waals surface area contributed by atoms with E-state index in [4.69, 9.17) is 11.6 Å². The minimum Gasteiger partial charge on any atom is -0.480 e. The largest absolute Gasteiger partial charge is 0.480 e. The fourth-order valence-electron chi connectivity index (χ4n) is 2.63. The average molecular weight is 494 g/mol. The van der Waals surface area contributed by atoms with Gasteiger partial charge >= 0.3 is 5.97 Å². The van der Waals surface area contributed by atoms with E-state index in [1.54, 1.807) is 48.5 Å². The first-order valence-corrected chi connectivity index (χ1v) is 10.4. The number of carbonyl (C=O) groups excluding carboxylic acids is 2. The highest BCUT2D eigenvalue weighted by atomic mass is 79.9. The highest BCUT2D eigenvalue weighted by molar-refractivity contribution is 9.10. The van der Waals surface area contributed by atoms with Crippen molar-refractivity contribution in [2.45, 2.75) is 26.3 Å². The summed E-state index contributed by atoms with van der Waals surface area (Å²) in [5.41, 5.74) is 0.746. The molecule has 0 aliphatic rings. The van der Waals surface area contributed by atoms with E-state index < -0.39 is 23.8 Å². The Kier molecular flexibility index (Phi) is 8.62. The molecule has 2 rings (SSSR count). The van der Waals surface area contributed by atoms with Crippen molar-refractivity contribution in [3.05, 3.63) is 74.9 Å². The van der Waals surface area contributed by atoms with Crippen LogP contribution < -0.4 is 10.6 Å². The molecule has 2 amide bonds. The molecule has 0 saturated carbocycles. The Balaban J connectivity index is 2.34. The van der Waals surface area contributed by atoms with Crippen LogP contribution in [0.25, 0.3) is 6.08 Å². The van der Waals surface area contributed by atoms with E-state index in [1.807, 2.05) is 13.8 Å². The van der Waals surface area contributed by atoms with E-state index in [0.29, 0.717) is 16.1 Å². The minimum absolute atomic E-state index is 0.0553. The van der Waals surface area contributed by atoms with Gasteiger partial charge in [0.25, 0.3) is 11.8 Å². The highest BCUT2D eigenvalue weighted by Crippen LogP contribution is 2.18. The van der Waals surface area contributed by atoms with Crippen molar-refractivity contribution >= 4 is 51.4 Å². The average Bonchev–Trinajstić information content (AvgIpc) is 2.68. The molecule has 0 radical (unpaired) electrons. The number of hydrogen-bond donors (Lipinski definition) is 3. The number of amides is 2. The number of halogens is 2. The van der Waals surface area contributed by atoms with Gasteiger partial charge in [-0.2, -0.15) is 0 Å². The zero-order chi connectivity index (χ0) is 22.3. The Morgan fingerprint density at radius 2 is 1.73 bits per heavy atom. The molecule has 30 heavy (non-hydrogen) atoms.